The summed E-state index contributed by atoms with van der Waals surface area (Å²) in [4.78, 5) is 0. The van der Waals surface area contributed by atoms with Gasteiger partial charge in [0.15, 0.2) is 0 Å². The van der Waals surface area contributed by atoms with Crippen LogP contribution in [0.15, 0.2) is 46.9 Å². The lowest BCUT2D eigenvalue weighted by molar-refractivity contribution is 0.687. The third kappa shape index (κ3) is 4.81. The van der Waals surface area contributed by atoms with Gasteiger partial charge in [-0.15, -0.1) is 0 Å². The van der Waals surface area contributed by atoms with Crippen LogP contribution in [0.4, 0.5) is 0 Å². The highest BCUT2D eigenvalue weighted by atomic mass is 79.9. The first kappa shape index (κ1) is 14.9. The molecule has 0 heterocycles. The standard InChI is InChI=1S/C15H14BrCl2N/c16-14-6-3-12(9-15(14)18)10-19-8-7-11-1-4-13(17)5-2-11/h1-6,9,19H,7-8,10H2. The lowest BCUT2D eigenvalue weighted by Crippen LogP contribution is -2.16. The second-order valence-electron chi connectivity index (χ2n) is 4.30. The van der Waals surface area contributed by atoms with E-state index in [1.807, 2.05) is 24.3 Å². The minimum absolute atomic E-state index is 0.747. The second-order valence-corrected chi connectivity index (χ2v) is 6.00. The molecule has 0 aromatic heterocycles. The van der Waals surface area contributed by atoms with Crippen molar-refractivity contribution in [2.75, 3.05) is 6.54 Å². The Kier molecular flexibility index (Phi) is 5.71. The van der Waals surface area contributed by atoms with Gasteiger partial charge >= 0.3 is 0 Å². The smallest absolute Gasteiger partial charge is 0.0551 e. The number of rotatable bonds is 5. The maximum absolute atomic E-state index is 6.05. The average Bonchev–Trinajstić information content (AvgIpc) is 2.41. The zero-order chi connectivity index (χ0) is 13.7. The molecule has 2 rings (SSSR count). The van der Waals surface area contributed by atoms with E-state index >= 15 is 0 Å². The number of hydrogen-bond acceptors (Lipinski definition) is 1. The van der Waals surface area contributed by atoms with Gasteiger partial charge in [0, 0.05) is 16.0 Å². The van der Waals surface area contributed by atoms with Gasteiger partial charge in [0.1, 0.15) is 0 Å². The van der Waals surface area contributed by atoms with Crippen molar-refractivity contribution in [2.24, 2.45) is 0 Å². The molecule has 0 unspecified atom stereocenters. The molecule has 0 saturated heterocycles. The molecule has 2 aromatic rings. The van der Waals surface area contributed by atoms with E-state index in [2.05, 4.69) is 39.4 Å². The highest BCUT2D eigenvalue weighted by Gasteiger charge is 1.99. The second kappa shape index (κ2) is 7.30. The van der Waals surface area contributed by atoms with Crippen LogP contribution in [0.3, 0.4) is 0 Å². The Morgan fingerprint density at radius 1 is 0.947 bits per heavy atom. The van der Waals surface area contributed by atoms with E-state index in [0.717, 1.165) is 34.0 Å². The van der Waals surface area contributed by atoms with Crippen LogP contribution in [-0.2, 0) is 13.0 Å². The first-order chi connectivity index (χ1) is 9.15. The molecule has 0 aliphatic heterocycles. The molecule has 0 saturated carbocycles. The SMILES string of the molecule is Clc1ccc(CCNCc2ccc(Br)c(Cl)c2)cc1. The van der Waals surface area contributed by atoms with Gasteiger partial charge in [-0.3, -0.25) is 0 Å². The molecule has 19 heavy (non-hydrogen) atoms. The summed E-state index contributed by atoms with van der Waals surface area (Å²) in [6.45, 7) is 1.75. The van der Waals surface area contributed by atoms with E-state index in [-0.39, 0.29) is 0 Å². The summed E-state index contributed by atoms with van der Waals surface area (Å²) in [5.74, 6) is 0. The molecule has 0 amide bonds. The average molecular weight is 359 g/mol. The molecule has 0 radical (unpaired) electrons. The van der Waals surface area contributed by atoms with Gasteiger partial charge in [0.05, 0.1) is 5.02 Å². The highest BCUT2D eigenvalue weighted by Crippen LogP contribution is 2.23. The largest absolute Gasteiger partial charge is 0.312 e. The summed E-state index contributed by atoms with van der Waals surface area (Å²) in [5, 5.41) is 4.93. The van der Waals surface area contributed by atoms with Crippen LogP contribution in [0.5, 0.6) is 0 Å². The van der Waals surface area contributed by atoms with E-state index in [1.54, 1.807) is 0 Å². The zero-order valence-electron chi connectivity index (χ0n) is 10.3. The number of benzene rings is 2. The lowest BCUT2D eigenvalue weighted by Gasteiger charge is -2.06. The van der Waals surface area contributed by atoms with Crippen LogP contribution in [0.2, 0.25) is 10.0 Å². The number of nitrogens with one attached hydrogen (secondary N) is 1. The van der Waals surface area contributed by atoms with Gasteiger partial charge < -0.3 is 5.32 Å². The summed E-state index contributed by atoms with van der Waals surface area (Å²) in [5.41, 5.74) is 2.47. The topological polar surface area (TPSA) is 12.0 Å². The normalized spacial score (nSPS) is 10.7. The van der Waals surface area contributed by atoms with Crippen molar-refractivity contribution in [1.29, 1.82) is 0 Å². The van der Waals surface area contributed by atoms with E-state index in [9.17, 15) is 0 Å². The van der Waals surface area contributed by atoms with Crippen LogP contribution in [-0.4, -0.2) is 6.54 Å². The van der Waals surface area contributed by atoms with Crippen molar-refractivity contribution in [1.82, 2.24) is 5.32 Å². The summed E-state index contributed by atoms with van der Waals surface area (Å²) in [7, 11) is 0. The zero-order valence-corrected chi connectivity index (χ0v) is 13.4. The first-order valence-corrected chi connectivity index (χ1v) is 7.59. The number of hydrogen-bond donors (Lipinski definition) is 1. The molecular formula is C15H14BrCl2N. The summed E-state index contributed by atoms with van der Waals surface area (Å²) < 4.78 is 0.930. The minimum atomic E-state index is 0.747. The van der Waals surface area contributed by atoms with Crippen molar-refractivity contribution in [2.45, 2.75) is 13.0 Å². The molecule has 0 aliphatic carbocycles. The molecule has 0 atom stereocenters. The van der Waals surface area contributed by atoms with Gasteiger partial charge in [-0.25, -0.2) is 0 Å². The molecule has 0 bridgehead atoms. The van der Waals surface area contributed by atoms with Gasteiger partial charge in [-0.2, -0.15) is 0 Å². The van der Waals surface area contributed by atoms with Crippen molar-refractivity contribution in [3.8, 4) is 0 Å². The quantitative estimate of drug-likeness (QED) is 0.734. The summed E-state index contributed by atoms with van der Waals surface area (Å²) in [6, 6.07) is 14.0. The summed E-state index contributed by atoms with van der Waals surface area (Å²) >= 11 is 15.3. The Bertz CT molecular complexity index is 540. The fourth-order valence-corrected chi connectivity index (χ4v) is 2.34. The molecule has 1 N–H and O–H groups in total. The Labute approximate surface area is 132 Å². The molecular weight excluding hydrogens is 345 g/mol. The molecule has 0 aliphatic rings. The predicted octanol–water partition coefficient (Wildman–Crippen LogP) is 5.09. The molecule has 1 nitrogen and oxygen atoms in total. The van der Waals surface area contributed by atoms with Crippen LogP contribution >= 0.6 is 39.1 Å². The van der Waals surface area contributed by atoms with Crippen molar-refractivity contribution >= 4 is 39.1 Å². The Hall–Kier alpha value is -0.540. The third-order valence-electron chi connectivity index (χ3n) is 2.82. The lowest BCUT2D eigenvalue weighted by atomic mass is 10.1. The maximum atomic E-state index is 6.05. The van der Waals surface area contributed by atoms with Crippen LogP contribution < -0.4 is 5.32 Å². The van der Waals surface area contributed by atoms with Crippen LogP contribution in [0.25, 0.3) is 0 Å². The van der Waals surface area contributed by atoms with Gasteiger partial charge in [-0.1, -0.05) is 41.4 Å². The first-order valence-electron chi connectivity index (χ1n) is 6.04. The molecule has 0 spiro atoms. The van der Waals surface area contributed by atoms with E-state index in [4.69, 9.17) is 23.2 Å². The summed E-state index contributed by atoms with van der Waals surface area (Å²) in [6.07, 6.45) is 0.988. The Balaban J connectivity index is 1.77. The van der Waals surface area contributed by atoms with Crippen molar-refractivity contribution in [3.63, 3.8) is 0 Å². The molecule has 100 valence electrons. The minimum Gasteiger partial charge on any atom is -0.312 e. The molecule has 0 fully saturated rings. The van der Waals surface area contributed by atoms with Gasteiger partial charge in [-0.05, 0) is 64.3 Å². The van der Waals surface area contributed by atoms with E-state index in [1.165, 1.54) is 11.1 Å². The predicted molar refractivity (Wildman–Crippen MR) is 86.0 cm³/mol. The van der Waals surface area contributed by atoms with Gasteiger partial charge in [0.2, 0.25) is 0 Å². The van der Waals surface area contributed by atoms with Crippen molar-refractivity contribution in [3.05, 3.63) is 68.1 Å². The Morgan fingerprint density at radius 3 is 2.32 bits per heavy atom. The van der Waals surface area contributed by atoms with E-state index in [0.29, 0.717) is 0 Å². The van der Waals surface area contributed by atoms with Crippen molar-refractivity contribution < 1.29 is 0 Å². The monoisotopic (exact) mass is 357 g/mol. The Morgan fingerprint density at radius 2 is 1.63 bits per heavy atom. The molecule has 4 heteroatoms. The molecule has 2 aromatic carbocycles. The number of halogens is 3. The van der Waals surface area contributed by atoms with E-state index < -0.39 is 0 Å². The van der Waals surface area contributed by atoms with Gasteiger partial charge in [0.25, 0.3) is 0 Å². The fourth-order valence-electron chi connectivity index (χ4n) is 1.77. The maximum Gasteiger partial charge on any atom is 0.0551 e. The highest BCUT2D eigenvalue weighted by molar-refractivity contribution is 9.10. The third-order valence-corrected chi connectivity index (χ3v) is 4.30. The fraction of sp³-hybridized carbons (Fsp3) is 0.200. The van der Waals surface area contributed by atoms with Crippen LogP contribution in [0, 0.1) is 0 Å². The van der Waals surface area contributed by atoms with Crippen LogP contribution in [0.1, 0.15) is 11.1 Å².